The molecule has 1 N–H and O–H groups in total. The third kappa shape index (κ3) is 2.51. The van der Waals surface area contributed by atoms with Crippen LogP contribution in [-0.4, -0.2) is 49.3 Å². The largest absolute Gasteiger partial charge is 0.381 e. The first-order valence-electron chi connectivity index (χ1n) is 6.98. The van der Waals surface area contributed by atoms with Crippen molar-refractivity contribution in [2.24, 2.45) is 5.41 Å². The molecule has 3 atom stereocenters. The monoisotopic (exact) mass is 240 g/mol. The van der Waals surface area contributed by atoms with Gasteiger partial charge in [-0.05, 0) is 12.8 Å². The molecule has 0 spiro atoms. The lowest BCUT2D eigenvalue weighted by Crippen LogP contribution is -2.61. The average Bonchev–Trinajstić information content (AvgIpc) is 2.64. The van der Waals surface area contributed by atoms with Crippen molar-refractivity contribution >= 4 is 0 Å². The molecule has 3 heteroatoms. The molecule has 3 nitrogen and oxygen atoms in total. The summed E-state index contributed by atoms with van der Waals surface area (Å²) in [6.07, 6.45) is 2.95. The molecule has 1 saturated carbocycles. The standard InChI is InChI=1S/C14H28N2O/c1-10(2)15-11-6-7-16(9-11)12-8-13(17-5)14(12,3)4/h10-13,15H,6-9H2,1-5H3. The summed E-state index contributed by atoms with van der Waals surface area (Å²) in [6, 6.07) is 2.00. The lowest BCUT2D eigenvalue weighted by molar-refractivity contribution is -0.133. The van der Waals surface area contributed by atoms with Crippen molar-refractivity contribution in [2.75, 3.05) is 20.2 Å². The highest BCUT2D eigenvalue weighted by atomic mass is 16.5. The summed E-state index contributed by atoms with van der Waals surface area (Å²) in [5.41, 5.74) is 0.321. The summed E-state index contributed by atoms with van der Waals surface area (Å²) in [5.74, 6) is 0. The number of hydrogen-bond donors (Lipinski definition) is 1. The molecule has 3 unspecified atom stereocenters. The normalized spacial score (nSPS) is 37.4. The number of rotatable bonds is 4. The second kappa shape index (κ2) is 4.87. The minimum atomic E-state index is 0.321. The maximum Gasteiger partial charge on any atom is 0.0652 e. The fraction of sp³-hybridized carbons (Fsp3) is 1.00. The number of ether oxygens (including phenoxy) is 1. The predicted molar refractivity (Wildman–Crippen MR) is 71.2 cm³/mol. The summed E-state index contributed by atoms with van der Waals surface area (Å²) in [6.45, 7) is 11.6. The number of nitrogens with zero attached hydrogens (tertiary/aromatic N) is 1. The van der Waals surface area contributed by atoms with Crippen molar-refractivity contribution in [3.63, 3.8) is 0 Å². The SMILES string of the molecule is COC1CC(N2CCC(NC(C)C)C2)C1(C)C. The van der Waals surface area contributed by atoms with Gasteiger partial charge in [0, 0.05) is 43.7 Å². The van der Waals surface area contributed by atoms with Gasteiger partial charge in [0.2, 0.25) is 0 Å². The van der Waals surface area contributed by atoms with E-state index >= 15 is 0 Å². The molecule has 0 aromatic rings. The van der Waals surface area contributed by atoms with E-state index in [2.05, 4.69) is 37.9 Å². The van der Waals surface area contributed by atoms with E-state index in [1.165, 1.54) is 25.9 Å². The molecule has 0 aromatic heterocycles. The molecule has 17 heavy (non-hydrogen) atoms. The first kappa shape index (κ1) is 13.3. The second-order valence-electron chi connectivity index (χ2n) is 6.60. The summed E-state index contributed by atoms with van der Waals surface area (Å²) in [5, 5.41) is 3.65. The zero-order chi connectivity index (χ0) is 12.6. The van der Waals surface area contributed by atoms with Crippen LogP contribution in [0.25, 0.3) is 0 Å². The van der Waals surface area contributed by atoms with E-state index in [1.807, 2.05) is 7.11 Å². The van der Waals surface area contributed by atoms with E-state index in [0.717, 1.165) is 0 Å². The van der Waals surface area contributed by atoms with E-state index in [1.54, 1.807) is 0 Å². The summed E-state index contributed by atoms with van der Waals surface area (Å²) < 4.78 is 5.54. The van der Waals surface area contributed by atoms with Crippen LogP contribution >= 0.6 is 0 Å². The number of likely N-dealkylation sites (tertiary alicyclic amines) is 1. The van der Waals surface area contributed by atoms with E-state index in [0.29, 0.717) is 29.6 Å². The van der Waals surface area contributed by atoms with Crippen LogP contribution in [0.4, 0.5) is 0 Å². The highest BCUT2D eigenvalue weighted by Crippen LogP contribution is 2.46. The Morgan fingerprint density at radius 1 is 1.35 bits per heavy atom. The molecule has 2 rings (SSSR count). The fourth-order valence-electron chi connectivity index (χ4n) is 3.56. The van der Waals surface area contributed by atoms with Gasteiger partial charge in [-0.1, -0.05) is 27.7 Å². The maximum absolute atomic E-state index is 5.54. The van der Waals surface area contributed by atoms with Crippen molar-refractivity contribution in [3.05, 3.63) is 0 Å². The Kier molecular flexibility index (Phi) is 3.81. The number of hydrogen-bond acceptors (Lipinski definition) is 3. The summed E-state index contributed by atoms with van der Waals surface area (Å²) >= 11 is 0. The van der Waals surface area contributed by atoms with Crippen LogP contribution in [0.1, 0.15) is 40.5 Å². The van der Waals surface area contributed by atoms with Gasteiger partial charge >= 0.3 is 0 Å². The van der Waals surface area contributed by atoms with E-state index < -0.39 is 0 Å². The van der Waals surface area contributed by atoms with Crippen molar-refractivity contribution in [1.29, 1.82) is 0 Å². The van der Waals surface area contributed by atoms with Gasteiger partial charge in [0.1, 0.15) is 0 Å². The van der Waals surface area contributed by atoms with Crippen LogP contribution in [0.3, 0.4) is 0 Å². The van der Waals surface area contributed by atoms with Crippen LogP contribution in [0.5, 0.6) is 0 Å². The zero-order valence-corrected chi connectivity index (χ0v) is 12.0. The quantitative estimate of drug-likeness (QED) is 0.812. The molecule has 0 amide bonds. The van der Waals surface area contributed by atoms with Gasteiger partial charge in [-0.25, -0.2) is 0 Å². The number of nitrogens with one attached hydrogen (secondary N) is 1. The van der Waals surface area contributed by atoms with Gasteiger partial charge in [-0.3, -0.25) is 4.90 Å². The van der Waals surface area contributed by atoms with Crippen LogP contribution in [0.2, 0.25) is 0 Å². The highest BCUT2D eigenvalue weighted by Gasteiger charge is 2.52. The van der Waals surface area contributed by atoms with E-state index in [9.17, 15) is 0 Å². The van der Waals surface area contributed by atoms with Crippen LogP contribution in [-0.2, 0) is 4.74 Å². The molecule has 1 aliphatic carbocycles. The van der Waals surface area contributed by atoms with Gasteiger partial charge in [-0.15, -0.1) is 0 Å². The van der Waals surface area contributed by atoms with Crippen LogP contribution in [0.15, 0.2) is 0 Å². The lowest BCUT2D eigenvalue weighted by Gasteiger charge is -2.54. The minimum Gasteiger partial charge on any atom is -0.381 e. The molecule has 1 heterocycles. The Balaban J connectivity index is 1.86. The Morgan fingerprint density at radius 2 is 2.06 bits per heavy atom. The fourth-order valence-corrected chi connectivity index (χ4v) is 3.56. The third-order valence-electron chi connectivity index (χ3n) is 4.64. The van der Waals surface area contributed by atoms with E-state index in [-0.39, 0.29) is 0 Å². The van der Waals surface area contributed by atoms with Crippen molar-refractivity contribution in [2.45, 2.75) is 64.8 Å². The second-order valence-corrected chi connectivity index (χ2v) is 6.60. The predicted octanol–water partition coefficient (Wildman–Crippen LogP) is 1.87. The molecular weight excluding hydrogens is 212 g/mol. The van der Waals surface area contributed by atoms with Crippen LogP contribution in [0, 0.1) is 5.41 Å². The van der Waals surface area contributed by atoms with Gasteiger partial charge in [0.25, 0.3) is 0 Å². The molecule has 100 valence electrons. The van der Waals surface area contributed by atoms with Crippen LogP contribution < -0.4 is 5.32 Å². The average molecular weight is 240 g/mol. The topological polar surface area (TPSA) is 24.5 Å². The Morgan fingerprint density at radius 3 is 2.59 bits per heavy atom. The van der Waals surface area contributed by atoms with Crippen molar-refractivity contribution < 1.29 is 4.74 Å². The molecular formula is C14H28N2O. The summed E-state index contributed by atoms with van der Waals surface area (Å²) in [7, 11) is 1.84. The Hall–Kier alpha value is -0.120. The third-order valence-corrected chi connectivity index (χ3v) is 4.64. The van der Waals surface area contributed by atoms with Crippen molar-refractivity contribution in [3.8, 4) is 0 Å². The molecule has 2 fully saturated rings. The first-order valence-corrected chi connectivity index (χ1v) is 6.98. The molecule has 0 aromatic carbocycles. The molecule has 1 aliphatic heterocycles. The van der Waals surface area contributed by atoms with Gasteiger partial charge in [-0.2, -0.15) is 0 Å². The van der Waals surface area contributed by atoms with E-state index in [4.69, 9.17) is 4.74 Å². The smallest absolute Gasteiger partial charge is 0.0652 e. The maximum atomic E-state index is 5.54. The number of methoxy groups -OCH3 is 1. The molecule has 1 saturated heterocycles. The summed E-state index contributed by atoms with van der Waals surface area (Å²) in [4.78, 5) is 2.66. The highest BCUT2D eigenvalue weighted by molar-refractivity contribution is 5.05. The first-order chi connectivity index (χ1) is 7.95. The zero-order valence-electron chi connectivity index (χ0n) is 12.0. The van der Waals surface area contributed by atoms with Gasteiger partial charge in [0.15, 0.2) is 0 Å². The Labute approximate surface area is 106 Å². The Bertz CT molecular complexity index is 265. The van der Waals surface area contributed by atoms with Crippen molar-refractivity contribution in [1.82, 2.24) is 10.2 Å². The molecule has 2 aliphatic rings. The van der Waals surface area contributed by atoms with Gasteiger partial charge in [0.05, 0.1) is 6.10 Å². The van der Waals surface area contributed by atoms with Gasteiger partial charge < -0.3 is 10.1 Å². The minimum absolute atomic E-state index is 0.321. The lowest BCUT2D eigenvalue weighted by atomic mass is 9.64. The molecule has 0 bridgehead atoms. The molecule has 0 radical (unpaired) electrons.